The van der Waals surface area contributed by atoms with Crippen LogP contribution in [0.4, 0.5) is 5.69 Å². The number of rotatable bonds is 4. The maximum Gasteiger partial charge on any atom is 0.252 e. The largest absolute Gasteiger partial charge is 0.326 e. The molecular formula is C9H11N3O5S. The third-order valence-electron chi connectivity index (χ3n) is 1.91. The molecule has 9 heteroatoms. The smallest absolute Gasteiger partial charge is 0.252 e. The van der Waals surface area contributed by atoms with Crippen molar-refractivity contribution in [3.63, 3.8) is 0 Å². The molecule has 98 valence electrons. The van der Waals surface area contributed by atoms with E-state index in [2.05, 4.69) is 5.32 Å². The number of nitrogens with two attached hydrogens (primary N) is 1. The molecule has 18 heavy (non-hydrogen) atoms. The number of primary sulfonamides is 1. The topological polar surface area (TPSA) is 139 Å². The van der Waals surface area contributed by atoms with Crippen LogP contribution in [0.2, 0.25) is 0 Å². The molecule has 1 rings (SSSR count). The molecule has 0 atom stereocenters. The number of hydrogen-bond donors (Lipinski definition) is 4. The van der Waals surface area contributed by atoms with E-state index in [1.807, 2.05) is 0 Å². The number of benzene rings is 1. The molecule has 2 amide bonds. The first kappa shape index (κ1) is 14.1. The lowest BCUT2D eigenvalue weighted by Crippen LogP contribution is -2.25. The van der Waals surface area contributed by atoms with Crippen LogP contribution >= 0.6 is 0 Å². The summed E-state index contributed by atoms with van der Waals surface area (Å²) in [5.74, 6) is -1.50. The number of sulfonamides is 1. The van der Waals surface area contributed by atoms with Gasteiger partial charge in [0.25, 0.3) is 5.91 Å². The third kappa shape index (κ3) is 4.13. The molecular weight excluding hydrogens is 262 g/mol. The molecule has 0 aliphatic heterocycles. The third-order valence-corrected chi connectivity index (χ3v) is 2.84. The molecule has 0 radical (unpaired) electrons. The van der Waals surface area contributed by atoms with Crippen LogP contribution in [-0.2, 0) is 19.6 Å². The van der Waals surface area contributed by atoms with Crippen molar-refractivity contribution >= 4 is 27.5 Å². The van der Waals surface area contributed by atoms with Gasteiger partial charge in [0.05, 0.1) is 4.90 Å². The maximum atomic E-state index is 11.2. The summed E-state index contributed by atoms with van der Waals surface area (Å²) in [6.45, 7) is 0. The highest BCUT2D eigenvalue weighted by atomic mass is 32.2. The van der Waals surface area contributed by atoms with Crippen molar-refractivity contribution in [2.75, 3.05) is 5.32 Å². The lowest BCUT2D eigenvalue weighted by molar-refractivity contribution is -0.132. The Balaban J connectivity index is 2.70. The molecule has 0 spiro atoms. The highest BCUT2D eigenvalue weighted by Crippen LogP contribution is 2.12. The normalized spacial score (nSPS) is 10.8. The summed E-state index contributed by atoms with van der Waals surface area (Å²) >= 11 is 0. The Morgan fingerprint density at radius 1 is 1.17 bits per heavy atom. The molecule has 5 N–H and O–H groups in total. The first-order valence-electron chi connectivity index (χ1n) is 4.68. The summed E-state index contributed by atoms with van der Waals surface area (Å²) < 4.78 is 21.9. The molecule has 0 aliphatic carbocycles. The number of anilines is 1. The van der Waals surface area contributed by atoms with Gasteiger partial charge in [0.1, 0.15) is 6.42 Å². The zero-order valence-corrected chi connectivity index (χ0v) is 9.90. The molecule has 0 fully saturated rings. The predicted molar refractivity (Wildman–Crippen MR) is 61.0 cm³/mol. The maximum absolute atomic E-state index is 11.2. The Hall–Kier alpha value is -1.97. The van der Waals surface area contributed by atoms with E-state index in [0.717, 1.165) is 0 Å². The Morgan fingerprint density at radius 3 is 2.17 bits per heavy atom. The van der Waals surface area contributed by atoms with Crippen LogP contribution in [0.1, 0.15) is 6.42 Å². The fourth-order valence-corrected chi connectivity index (χ4v) is 1.63. The fourth-order valence-electron chi connectivity index (χ4n) is 1.12. The van der Waals surface area contributed by atoms with E-state index in [9.17, 15) is 18.0 Å². The van der Waals surface area contributed by atoms with Gasteiger partial charge in [-0.05, 0) is 24.3 Å². The van der Waals surface area contributed by atoms with Crippen LogP contribution in [0.3, 0.4) is 0 Å². The van der Waals surface area contributed by atoms with E-state index >= 15 is 0 Å². The van der Waals surface area contributed by atoms with E-state index in [4.69, 9.17) is 10.3 Å². The van der Waals surface area contributed by atoms with E-state index in [0.29, 0.717) is 5.69 Å². The van der Waals surface area contributed by atoms with Crippen molar-refractivity contribution < 1.29 is 23.2 Å². The Kier molecular flexibility index (Phi) is 4.37. The second-order valence-electron chi connectivity index (χ2n) is 3.33. The standard InChI is InChI=1S/C9H11N3O5S/c10-18(16,17)7-3-1-6(2-4-7)11-8(13)5-9(14)12-15/h1-4,15H,5H2,(H,11,13)(H,12,14)(H2,10,16,17). The highest BCUT2D eigenvalue weighted by molar-refractivity contribution is 7.89. The van der Waals surface area contributed by atoms with Crippen molar-refractivity contribution in [2.24, 2.45) is 5.14 Å². The van der Waals surface area contributed by atoms with Gasteiger partial charge in [-0.25, -0.2) is 19.0 Å². The van der Waals surface area contributed by atoms with Gasteiger partial charge in [0.2, 0.25) is 15.9 Å². The van der Waals surface area contributed by atoms with Crippen LogP contribution in [0.15, 0.2) is 29.2 Å². The molecule has 0 aliphatic rings. The summed E-state index contributed by atoms with van der Waals surface area (Å²) in [4.78, 5) is 21.8. The van der Waals surface area contributed by atoms with E-state index in [1.54, 1.807) is 0 Å². The van der Waals surface area contributed by atoms with Crippen molar-refractivity contribution in [1.29, 1.82) is 0 Å². The van der Waals surface area contributed by atoms with E-state index < -0.39 is 28.3 Å². The van der Waals surface area contributed by atoms with Crippen LogP contribution in [0.5, 0.6) is 0 Å². The number of carbonyl (C=O) groups excluding carboxylic acids is 2. The number of carbonyl (C=O) groups is 2. The summed E-state index contributed by atoms with van der Waals surface area (Å²) in [6.07, 6.45) is -0.548. The van der Waals surface area contributed by atoms with Crippen molar-refractivity contribution in [1.82, 2.24) is 5.48 Å². The Morgan fingerprint density at radius 2 is 1.72 bits per heavy atom. The highest BCUT2D eigenvalue weighted by Gasteiger charge is 2.10. The predicted octanol–water partition coefficient (Wildman–Crippen LogP) is -0.832. The minimum atomic E-state index is -3.78. The van der Waals surface area contributed by atoms with Gasteiger partial charge in [-0.1, -0.05) is 0 Å². The van der Waals surface area contributed by atoms with Crippen molar-refractivity contribution in [3.8, 4) is 0 Å². The Labute approximate surface area is 103 Å². The SMILES string of the molecule is NS(=O)(=O)c1ccc(NC(=O)CC(=O)NO)cc1. The first-order chi connectivity index (χ1) is 8.32. The quantitative estimate of drug-likeness (QED) is 0.322. The summed E-state index contributed by atoms with van der Waals surface area (Å²) in [5.41, 5.74) is 1.62. The summed E-state index contributed by atoms with van der Waals surface area (Å²) in [6, 6.07) is 5.09. The van der Waals surface area contributed by atoms with Gasteiger partial charge in [-0.15, -0.1) is 0 Å². The molecule has 0 aromatic heterocycles. The monoisotopic (exact) mass is 273 g/mol. The Bertz CT molecular complexity index is 552. The number of nitrogens with one attached hydrogen (secondary N) is 2. The van der Waals surface area contributed by atoms with Gasteiger partial charge in [-0.2, -0.15) is 0 Å². The second kappa shape index (κ2) is 5.58. The van der Waals surface area contributed by atoms with Crippen LogP contribution in [0, 0.1) is 0 Å². The second-order valence-corrected chi connectivity index (χ2v) is 4.89. The fraction of sp³-hybridized carbons (Fsp3) is 0.111. The number of hydrogen-bond acceptors (Lipinski definition) is 5. The van der Waals surface area contributed by atoms with E-state index in [-0.39, 0.29) is 4.90 Å². The minimum Gasteiger partial charge on any atom is -0.326 e. The van der Waals surface area contributed by atoms with Gasteiger partial charge in [0, 0.05) is 5.69 Å². The average molecular weight is 273 g/mol. The molecule has 0 saturated carbocycles. The summed E-state index contributed by atoms with van der Waals surface area (Å²) in [7, 11) is -3.78. The van der Waals surface area contributed by atoms with Gasteiger partial charge < -0.3 is 5.32 Å². The molecule has 0 saturated heterocycles. The molecule has 1 aromatic carbocycles. The van der Waals surface area contributed by atoms with Crippen molar-refractivity contribution in [2.45, 2.75) is 11.3 Å². The number of hydroxylamine groups is 1. The lowest BCUT2D eigenvalue weighted by atomic mass is 10.3. The average Bonchev–Trinajstić information content (AvgIpc) is 2.28. The number of amides is 2. The van der Waals surface area contributed by atoms with Gasteiger partial charge in [0.15, 0.2) is 0 Å². The van der Waals surface area contributed by atoms with Crippen LogP contribution < -0.4 is 15.9 Å². The minimum absolute atomic E-state index is 0.0893. The van der Waals surface area contributed by atoms with E-state index in [1.165, 1.54) is 29.7 Å². The zero-order valence-electron chi connectivity index (χ0n) is 9.08. The van der Waals surface area contributed by atoms with Crippen molar-refractivity contribution in [3.05, 3.63) is 24.3 Å². The first-order valence-corrected chi connectivity index (χ1v) is 6.23. The molecule has 0 bridgehead atoms. The lowest BCUT2D eigenvalue weighted by Gasteiger charge is -2.05. The van der Waals surface area contributed by atoms with Crippen LogP contribution in [0.25, 0.3) is 0 Å². The zero-order chi connectivity index (χ0) is 13.8. The summed E-state index contributed by atoms with van der Waals surface area (Å²) in [5, 5.41) is 15.5. The molecule has 0 unspecified atom stereocenters. The molecule has 1 aromatic rings. The molecule has 0 heterocycles. The van der Waals surface area contributed by atoms with Gasteiger partial charge >= 0.3 is 0 Å². The van der Waals surface area contributed by atoms with Gasteiger partial charge in [-0.3, -0.25) is 14.8 Å². The molecule has 8 nitrogen and oxygen atoms in total. The van der Waals surface area contributed by atoms with Crippen LogP contribution in [-0.4, -0.2) is 25.4 Å².